The molecule has 32 heavy (non-hydrogen) atoms. The van der Waals surface area contributed by atoms with Gasteiger partial charge in [0.05, 0.1) is 16.3 Å². The van der Waals surface area contributed by atoms with Gasteiger partial charge in [-0.3, -0.25) is 4.79 Å². The van der Waals surface area contributed by atoms with E-state index < -0.39 is 15.6 Å². The molecule has 4 rings (SSSR count). The number of carbonyl (C=O) groups is 1. The molecule has 1 aromatic heterocycles. The average Bonchev–Trinajstić information content (AvgIpc) is 2.81. The van der Waals surface area contributed by atoms with Gasteiger partial charge in [0.15, 0.2) is 0 Å². The molecule has 0 aliphatic heterocycles. The van der Waals surface area contributed by atoms with Gasteiger partial charge < -0.3 is 11.1 Å². The summed E-state index contributed by atoms with van der Waals surface area (Å²) in [7, 11) is -3.28. The SMILES string of the molecule is N=S(=O)(c1ccc(C(=O)Nc2cc(-c3ccc(F)cc3)ccc2N)cc1)c1ccccn1. The van der Waals surface area contributed by atoms with E-state index in [1.165, 1.54) is 48.7 Å². The van der Waals surface area contributed by atoms with Crippen molar-refractivity contribution in [2.45, 2.75) is 9.92 Å². The Hall–Kier alpha value is -4.04. The number of hydrogen-bond acceptors (Lipinski definition) is 5. The van der Waals surface area contributed by atoms with Crippen molar-refractivity contribution in [1.29, 1.82) is 4.78 Å². The molecule has 0 radical (unpaired) electrons. The third kappa shape index (κ3) is 4.35. The largest absolute Gasteiger partial charge is 0.397 e. The number of rotatable bonds is 5. The summed E-state index contributed by atoms with van der Waals surface area (Å²) in [4.78, 5) is 17.0. The number of hydrogen-bond donors (Lipinski definition) is 3. The van der Waals surface area contributed by atoms with Gasteiger partial charge in [0.2, 0.25) is 0 Å². The summed E-state index contributed by atoms with van der Waals surface area (Å²) in [5.74, 6) is -0.741. The van der Waals surface area contributed by atoms with Crippen molar-refractivity contribution >= 4 is 27.0 Å². The highest BCUT2D eigenvalue weighted by Crippen LogP contribution is 2.28. The first-order chi connectivity index (χ1) is 15.3. The number of nitrogen functional groups attached to an aromatic ring is 1. The quantitative estimate of drug-likeness (QED) is 0.367. The van der Waals surface area contributed by atoms with E-state index in [1.54, 1.807) is 42.5 Å². The number of nitrogens with zero attached hydrogens (tertiary/aromatic N) is 1. The van der Waals surface area contributed by atoms with Crippen molar-refractivity contribution in [3.8, 4) is 11.1 Å². The third-order valence-electron chi connectivity index (χ3n) is 4.86. The van der Waals surface area contributed by atoms with Gasteiger partial charge in [-0.05, 0) is 71.8 Å². The lowest BCUT2D eigenvalue weighted by molar-refractivity contribution is 0.102. The molecule has 4 N–H and O–H groups in total. The second-order valence-electron chi connectivity index (χ2n) is 7.01. The molecule has 1 unspecified atom stereocenters. The van der Waals surface area contributed by atoms with Gasteiger partial charge >= 0.3 is 0 Å². The molecule has 160 valence electrons. The van der Waals surface area contributed by atoms with Gasteiger partial charge in [-0.1, -0.05) is 24.3 Å². The predicted octanol–water partition coefficient (Wildman–Crippen LogP) is 5.19. The first kappa shape index (κ1) is 21.2. The Balaban J connectivity index is 1.56. The molecule has 1 atom stereocenters. The van der Waals surface area contributed by atoms with Gasteiger partial charge in [-0.2, -0.15) is 0 Å². The maximum Gasteiger partial charge on any atom is 0.255 e. The molecule has 0 saturated heterocycles. The second-order valence-corrected chi connectivity index (χ2v) is 9.01. The monoisotopic (exact) mass is 446 g/mol. The molecule has 0 spiro atoms. The summed E-state index contributed by atoms with van der Waals surface area (Å²) in [5, 5.41) is 2.92. The van der Waals surface area contributed by atoms with Crippen LogP contribution in [0.5, 0.6) is 0 Å². The average molecular weight is 447 g/mol. The molecular weight excluding hydrogens is 427 g/mol. The van der Waals surface area contributed by atoms with E-state index in [0.29, 0.717) is 16.9 Å². The Morgan fingerprint density at radius 3 is 2.28 bits per heavy atom. The van der Waals surface area contributed by atoms with Gasteiger partial charge in [0, 0.05) is 11.8 Å². The van der Waals surface area contributed by atoms with E-state index in [2.05, 4.69) is 10.3 Å². The Morgan fingerprint density at radius 1 is 0.938 bits per heavy atom. The van der Waals surface area contributed by atoms with Crippen molar-refractivity contribution < 1.29 is 13.4 Å². The zero-order valence-corrected chi connectivity index (χ0v) is 17.6. The number of pyridine rings is 1. The molecule has 0 bridgehead atoms. The lowest BCUT2D eigenvalue weighted by atomic mass is 10.0. The topological polar surface area (TPSA) is 109 Å². The van der Waals surface area contributed by atoms with Crippen LogP contribution in [-0.2, 0) is 9.73 Å². The zero-order chi connectivity index (χ0) is 22.7. The van der Waals surface area contributed by atoms with Gasteiger partial charge in [0.1, 0.15) is 20.6 Å². The van der Waals surface area contributed by atoms with Crippen LogP contribution in [0.15, 0.2) is 101 Å². The maximum absolute atomic E-state index is 13.2. The van der Waals surface area contributed by atoms with Crippen molar-refractivity contribution in [1.82, 2.24) is 4.98 Å². The summed E-state index contributed by atoms with van der Waals surface area (Å²) >= 11 is 0. The van der Waals surface area contributed by atoms with Crippen LogP contribution in [0, 0.1) is 10.6 Å². The highest BCUT2D eigenvalue weighted by molar-refractivity contribution is 7.92. The first-order valence-corrected chi connectivity index (χ1v) is 11.2. The molecule has 0 saturated carbocycles. The lowest BCUT2D eigenvalue weighted by Gasteiger charge is -2.12. The molecule has 4 aromatic rings. The van der Waals surface area contributed by atoms with E-state index in [0.717, 1.165) is 11.1 Å². The van der Waals surface area contributed by atoms with Gasteiger partial charge in [-0.25, -0.2) is 18.4 Å². The minimum absolute atomic E-state index is 0.155. The highest BCUT2D eigenvalue weighted by atomic mass is 32.2. The van der Waals surface area contributed by atoms with Crippen molar-refractivity contribution in [3.63, 3.8) is 0 Å². The zero-order valence-electron chi connectivity index (χ0n) is 16.8. The third-order valence-corrected chi connectivity index (χ3v) is 6.63. The standard InChI is InChI=1S/C24H19FN4O2S/c25-19-9-4-16(5-10-19)18-8-13-21(26)22(15-18)29-24(30)17-6-11-20(12-7-17)32(27,31)23-3-1-2-14-28-23/h1-15,27H,26H2,(H,29,30). The Kier molecular flexibility index (Phi) is 5.70. The number of aromatic nitrogens is 1. The van der Waals surface area contributed by atoms with Crippen LogP contribution in [-0.4, -0.2) is 15.1 Å². The fourth-order valence-corrected chi connectivity index (χ4v) is 4.36. The van der Waals surface area contributed by atoms with Crippen molar-refractivity contribution in [2.75, 3.05) is 11.1 Å². The number of carbonyl (C=O) groups excluding carboxylic acids is 1. The summed E-state index contributed by atoms with van der Waals surface area (Å²) < 4.78 is 34.3. The van der Waals surface area contributed by atoms with Crippen LogP contribution in [0.3, 0.4) is 0 Å². The summed E-state index contributed by atoms with van der Waals surface area (Å²) in [6.45, 7) is 0. The minimum atomic E-state index is -3.28. The van der Waals surface area contributed by atoms with E-state index >= 15 is 0 Å². The number of halogens is 1. The number of nitrogens with two attached hydrogens (primary N) is 1. The summed E-state index contributed by atoms with van der Waals surface area (Å²) in [6, 6.07) is 22.0. The summed E-state index contributed by atoms with van der Waals surface area (Å²) in [6.07, 6.45) is 1.48. The predicted molar refractivity (Wildman–Crippen MR) is 122 cm³/mol. The van der Waals surface area contributed by atoms with Crippen LogP contribution in [0.1, 0.15) is 10.4 Å². The molecule has 3 aromatic carbocycles. The second kappa shape index (κ2) is 8.60. The van der Waals surface area contributed by atoms with E-state index in [4.69, 9.17) is 10.5 Å². The number of anilines is 2. The van der Waals surface area contributed by atoms with Gasteiger partial charge in [0.25, 0.3) is 5.91 Å². The number of benzene rings is 3. The van der Waals surface area contributed by atoms with Crippen molar-refractivity contribution in [2.24, 2.45) is 0 Å². The molecule has 1 amide bonds. The fraction of sp³-hybridized carbons (Fsp3) is 0. The van der Waals surface area contributed by atoms with Crippen molar-refractivity contribution in [3.05, 3.63) is 103 Å². The molecule has 0 aliphatic carbocycles. The maximum atomic E-state index is 13.2. The molecule has 0 fully saturated rings. The number of amides is 1. The molecule has 6 nitrogen and oxygen atoms in total. The van der Waals surface area contributed by atoms with Crippen LogP contribution in [0.25, 0.3) is 11.1 Å². The Labute approximate surface area is 184 Å². The molecule has 1 heterocycles. The van der Waals surface area contributed by atoms with E-state index in [-0.39, 0.29) is 15.7 Å². The minimum Gasteiger partial charge on any atom is -0.397 e. The van der Waals surface area contributed by atoms with E-state index in [1.807, 2.05) is 0 Å². The van der Waals surface area contributed by atoms with Crippen LogP contribution < -0.4 is 11.1 Å². The molecular formula is C24H19FN4O2S. The van der Waals surface area contributed by atoms with Crippen LogP contribution in [0.4, 0.5) is 15.8 Å². The molecule has 8 heteroatoms. The Bertz CT molecular complexity index is 1370. The summed E-state index contributed by atoms with van der Waals surface area (Å²) in [5.41, 5.74) is 8.69. The van der Waals surface area contributed by atoms with Crippen LogP contribution >= 0.6 is 0 Å². The normalized spacial score (nSPS) is 12.7. The lowest BCUT2D eigenvalue weighted by Crippen LogP contribution is -2.13. The highest BCUT2D eigenvalue weighted by Gasteiger charge is 2.16. The number of nitrogens with one attached hydrogen (secondary N) is 2. The fourth-order valence-electron chi connectivity index (χ4n) is 3.12. The molecule has 0 aliphatic rings. The first-order valence-electron chi connectivity index (χ1n) is 9.61. The van der Waals surface area contributed by atoms with Crippen LogP contribution in [0.2, 0.25) is 0 Å². The van der Waals surface area contributed by atoms with E-state index in [9.17, 15) is 13.4 Å². The van der Waals surface area contributed by atoms with Gasteiger partial charge in [-0.15, -0.1) is 0 Å². The smallest absolute Gasteiger partial charge is 0.255 e. The Morgan fingerprint density at radius 2 is 1.62 bits per heavy atom.